The summed E-state index contributed by atoms with van der Waals surface area (Å²) in [5.41, 5.74) is 2.48. The Hall–Kier alpha value is -2.93. The lowest BCUT2D eigenvalue weighted by Crippen LogP contribution is -2.06. The van der Waals surface area contributed by atoms with Crippen LogP contribution >= 0.6 is 0 Å². The zero-order chi connectivity index (χ0) is 15.1. The molecule has 0 aliphatic heterocycles. The third kappa shape index (κ3) is 3.77. The minimum absolute atomic E-state index is 0.305. The van der Waals surface area contributed by atoms with Gasteiger partial charge in [-0.1, -0.05) is 12.1 Å². The van der Waals surface area contributed by atoms with Gasteiger partial charge in [-0.3, -0.25) is 4.98 Å². The Kier molecular flexibility index (Phi) is 4.84. The lowest BCUT2D eigenvalue weighted by Gasteiger charge is -2.07. The summed E-state index contributed by atoms with van der Waals surface area (Å²) in [6.07, 6.45) is 4.95. The highest BCUT2D eigenvalue weighted by Gasteiger charge is 2.13. The first kappa shape index (κ1) is 14.5. The molecular weight excluding hydrogens is 264 g/mol. The zero-order valence-corrected chi connectivity index (χ0v) is 11.6. The largest absolute Gasteiger partial charge is 0.462 e. The van der Waals surface area contributed by atoms with Gasteiger partial charge >= 0.3 is 5.97 Å². The number of esters is 1. The third-order valence-electron chi connectivity index (χ3n) is 2.81. The van der Waals surface area contributed by atoms with Gasteiger partial charge in [0.05, 0.1) is 23.8 Å². The first-order valence-corrected chi connectivity index (χ1v) is 6.54. The zero-order valence-electron chi connectivity index (χ0n) is 11.6. The summed E-state index contributed by atoms with van der Waals surface area (Å²) in [6.45, 7) is 2.07. The molecule has 4 heteroatoms. The van der Waals surface area contributed by atoms with Crippen molar-refractivity contribution in [2.45, 2.75) is 6.92 Å². The van der Waals surface area contributed by atoms with Crippen molar-refractivity contribution in [3.8, 4) is 6.07 Å². The topological polar surface area (TPSA) is 63.0 Å². The van der Waals surface area contributed by atoms with Crippen LogP contribution in [0.3, 0.4) is 0 Å². The molecule has 1 aromatic heterocycles. The van der Waals surface area contributed by atoms with Gasteiger partial charge in [0.2, 0.25) is 0 Å². The number of ether oxygens (including phenoxy) is 1. The summed E-state index contributed by atoms with van der Waals surface area (Å²) in [7, 11) is 0. The highest BCUT2D eigenvalue weighted by atomic mass is 16.5. The number of rotatable bonds is 4. The summed E-state index contributed by atoms with van der Waals surface area (Å²) in [6, 6.07) is 12.6. The maximum Gasteiger partial charge on any atom is 0.338 e. The molecule has 4 nitrogen and oxygen atoms in total. The Morgan fingerprint density at radius 3 is 2.76 bits per heavy atom. The molecular formula is C17H14N2O2. The van der Waals surface area contributed by atoms with Crippen molar-refractivity contribution >= 4 is 17.6 Å². The van der Waals surface area contributed by atoms with Crippen molar-refractivity contribution in [1.29, 1.82) is 5.26 Å². The van der Waals surface area contributed by atoms with Crippen molar-refractivity contribution in [3.05, 3.63) is 65.5 Å². The first-order valence-electron chi connectivity index (χ1n) is 6.54. The Morgan fingerprint density at radius 1 is 1.33 bits per heavy atom. The molecule has 2 rings (SSSR count). The molecule has 21 heavy (non-hydrogen) atoms. The van der Waals surface area contributed by atoms with E-state index in [1.54, 1.807) is 55.7 Å². The summed E-state index contributed by atoms with van der Waals surface area (Å²) >= 11 is 0. The van der Waals surface area contributed by atoms with Gasteiger partial charge in [-0.2, -0.15) is 5.26 Å². The maximum atomic E-state index is 12.1. The number of nitriles is 1. The Labute approximate surface area is 123 Å². The molecule has 0 radical (unpaired) electrons. The van der Waals surface area contributed by atoms with Gasteiger partial charge in [0.15, 0.2) is 0 Å². The average Bonchev–Trinajstić information content (AvgIpc) is 2.54. The number of pyridine rings is 1. The van der Waals surface area contributed by atoms with E-state index in [2.05, 4.69) is 11.1 Å². The van der Waals surface area contributed by atoms with Crippen LogP contribution in [-0.2, 0) is 9.53 Å². The van der Waals surface area contributed by atoms with Gasteiger partial charge in [-0.15, -0.1) is 0 Å². The van der Waals surface area contributed by atoms with E-state index >= 15 is 0 Å². The van der Waals surface area contributed by atoms with Crippen LogP contribution in [0.4, 0.5) is 0 Å². The van der Waals surface area contributed by atoms with Gasteiger partial charge < -0.3 is 4.74 Å². The van der Waals surface area contributed by atoms with Gasteiger partial charge in [0.1, 0.15) is 0 Å². The van der Waals surface area contributed by atoms with E-state index in [1.807, 2.05) is 6.07 Å². The number of carbonyl (C=O) groups is 1. The van der Waals surface area contributed by atoms with Crippen molar-refractivity contribution < 1.29 is 9.53 Å². The summed E-state index contributed by atoms with van der Waals surface area (Å²) < 4.78 is 5.09. The molecule has 2 aromatic rings. The molecule has 1 heterocycles. The van der Waals surface area contributed by atoms with Gasteiger partial charge in [-0.25, -0.2) is 4.79 Å². The molecule has 0 fully saturated rings. The Morgan fingerprint density at radius 2 is 2.10 bits per heavy atom. The van der Waals surface area contributed by atoms with E-state index in [9.17, 15) is 4.79 Å². The molecule has 0 saturated heterocycles. The van der Waals surface area contributed by atoms with E-state index < -0.39 is 5.97 Å². The van der Waals surface area contributed by atoms with E-state index in [0.29, 0.717) is 17.7 Å². The molecule has 0 spiro atoms. The summed E-state index contributed by atoms with van der Waals surface area (Å²) in [5, 5.41) is 8.94. The quantitative estimate of drug-likeness (QED) is 0.637. The number of nitrogens with zero attached hydrogens (tertiary/aromatic N) is 2. The SMILES string of the molecule is CCOC(=O)/C(=C\c1cccc(C#N)c1)c1ccncc1. The van der Waals surface area contributed by atoms with Crippen LogP contribution in [0.5, 0.6) is 0 Å². The fraction of sp³-hybridized carbons (Fsp3) is 0.118. The summed E-state index contributed by atoms with van der Waals surface area (Å²) in [5.74, 6) is -0.397. The fourth-order valence-corrected chi connectivity index (χ4v) is 1.87. The van der Waals surface area contributed by atoms with E-state index in [1.165, 1.54) is 0 Å². The minimum Gasteiger partial charge on any atom is -0.462 e. The number of hydrogen-bond donors (Lipinski definition) is 0. The standard InChI is InChI=1S/C17H14N2O2/c1-2-21-17(20)16(15-6-8-19-9-7-15)11-13-4-3-5-14(10-13)12-18/h3-11H,2H2,1H3/b16-11-. The fourth-order valence-electron chi connectivity index (χ4n) is 1.87. The molecule has 0 bridgehead atoms. The van der Waals surface area contributed by atoms with Crippen LogP contribution in [0, 0.1) is 11.3 Å². The normalized spacial score (nSPS) is 10.8. The second-order valence-electron chi connectivity index (χ2n) is 4.25. The lowest BCUT2D eigenvalue weighted by molar-refractivity contribution is -0.136. The van der Waals surface area contributed by atoms with Gasteiger partial charge in [0.25, 0.3) is 0 Å². The molecule has 0 unspecified atom stereocenters. The van der Waals surface area contributed by atoms with E-state index in [0.717, 1.165) is 11.1 Å². The van der Waals surface area contributed by atoms with Crippen LogP contribution in [0.25, 0.3) is 11.6 Å². The highest BCUT2D eigenvalue weighted by molar-refractivity contribution is 6.21. The van der Waals surface area contributed by atoms with E-state index in [-0.39, 0.29) is 0 Å². The van der Waals surface area contributed by atoms with Crippen molar-refractivity contribution in [2.75, 3.05) is 6.61 Å². The van der Waals surface area contributed by atoms with Crippen LogP contribution < -0.4 is 0 Å². The highest BCUT2D eigenvalue weighted by Crippen LogP contribution is 2.20. The maximum absolute atomic E-state index is 12.1. The van der Waals surface area contributed by atoms with Gasteiger partial charge in [-0.05, 0) is 48.4 Å². The second-order valence-corrected chi connectivity index (χ2v) is 4.25. The third-order valence-corrected chi connectivity index (χ3v) is 2.81. The number of benzene rings is 1. The van der Waals surface area contributed by atoms with Crippen molar-refractivity contribution in [2.24, 2.45) is 0 Å². The molecule has 0 atom stereocenters. The van der Waals surface area contributed by atoms with Crippen LogP contribution in [0.1, 0.15) is 23.6 Å². The Bertz CT molecular complexity index is 700. The number of carbonyl (C=O) groups excluding carboxylic acids is 1. The second kappa shape index (κ2) is 7.01. The predicted molar refractivity (Wildman–Crippen MR) is 79.9 cm³/mol. The molecule has 104 valence electrons. The number of aromatic nitrogens is 1. The number of hydrogen-bond acceptors (Lipinski definition) is 4. The van der Waals surface area contributed by atoms with Crippen LogP contribution in [-0.4, -0.2) is 17.6 Å². The molecule has 0 aliphatic carbocycles. The van der Waals surface area contributed by atoms with Crippen molar-refractivity contribution in [1.82, 2.24) is 4.98 Å². The molecule has 0 aliphatic rings. The molecule has 0 amide bonds. The molecule has 0 saturated carbocycles. The monoisotopic (exact) mass is 278 g/mol. The minimum atomic E-state index is -0.397. The van der Waals surface area contributed by atoms with Crippen LogP contribution in [0.2, 0.25) is 0 Å². The molecule has 0 N–H and O–H groups in total. The smallest absolute Gasteiger partial charge is 0.338 e. The van der Waals surface area contributed by atoms with E-state index in [4.69, 9.17) is 10.00 Å². The van der Waals surface area contributed by atoms with Gasteiger partial charge in [0, 0.05) is 12.4 Å². The summed E-state index contributed by atoms with van der Waals surface area (Å²) in [4.78, 5) is 16.1. The van der Waals surface area contributed by atoms with Crippen LogP contribution in [0.15, 0.2) is 48.8 Å². The molecule has 1 aromatic carbocycles. The first-order chi connectivity index (χ1) is 10.2. The Balaban J connectivity index is 2.46. The van der Waals surface area contributed by atoms with Crippen molar-refractivity contribution in [3.63, 3.8) is 0 Å². The lowest BCUT2D eigenvalue weighted by atomic mass is 10.0. The predicted octanol–water partition coefficient (Wildman–Crippen LogP) is 3.06. The average molecular weight is 278 g/mol.